The first-order valence-corrected chi connectivity index (χ1v) is 8.37. The van der Waals surface area contributed by atoms with Crippen molar-refractivity contribution in [3.63, 3.8) is 0 Å². The van der Waals surface area contributed by atoms with E-state index in [1.54, 1.807) is 6.08 Å². The molecule has 23 heavy (non-hydrogen) atoms. The van der Waals surface area contributed by atoms with Crippen molar-refractivity contribution in [1.29, 1.82) is 0 Å². The molecule has 2 aromatic carbocycles. The van der Waals surface area contributed by atoms with Crippen LogP contribution in [0.2, 0.25) is 0 Å². The fourth-order valence-electron chi connectivity index (χ4n) is 2.56. The number of halogens is 1. The molecule has 1 aliphatic rings. The minimum atomic E-state index is -0.733. The third-order valence-corrected chi connectivity index (χ3v) is 4.19. The van der Waals surface area contributed by atoms with Crippen LogP contribution in [-0.4, -0.2) is 10.7 Å². The van der Waals surface area contributed by atoms with Crippen molar-refractivity contribution in [3.8, 4) is 5.75 Å². The molecule has 2 aromatic rings. The monoisotopic (exact) mass is 370 g/mol. The Balaban J connectivity index is 1.95. The number of aliphatic hydroxyl groups is 1. The van der Waals surface area contributed by atoms with Gasteiger partial charge in [-0.3, -0.25) is 0 Å². The first-order chi connectivity index (χ1) is 10.9. The molecule has 0 saturated heterocycles. The summed E-state index contributed by atoms with van der Waals surface area (Å²) in [4.78, 5) is 0. The number of fused-ring (bicyclic) bond motifs is 1. The second-order valence-corrected chi connectivity index (χ2v) is 7.08. The Labute approximate surface area is 145 Å². The quantitative estimate of drug-likeness (QED) is 0.785. The highest BCUT2D eigenvalue weighted by molar-refractivity contribution is 9.10. The van der Waals surface area contributed by atoms with Crippen molar-refractivity contribution in [1.82, 2.24) is 0 Å². The lowest BCUT2D eigenvalue weighted by atomic mass is 9.97. The molecule has 2 nitrogen and oxygen atoms in total. The van der Waals surface area contributed by atoms with Crippen LogP contribution >= 0.6 is 15.9 Å². The van der Waals surface area contributed by atoms with E-state index >= 15 is 0 Å². The first-order valence-electron chi connectivity index (χ1n) is 7.58. The van der Waals surface area contributed by atoms with E-state index in [9.17, 15) is 5.11 Å². The summed E-state index contributed by atoms with van der Waals surface area (Å²) >= 11 is 3.51. The van der Waals surface area contributed by atoms with Crippen LogP contribution in [0, 0.1) is 0 Å². The number of hydrogen-bond donors (Lipinski definition) is 1. The maximum Gasteiger partial charge on any atom is 0.134 e. The molecule has 1 aliphatic heterocycles. The molecule has 1 unspecified atom stereocenters. The Morgan fingerprint density at radius 3 is 2.65 bits per heavy atom. The van der Waals surface area contributed by atoms with Crippen LogP contribution in [0.4, 0.5) is 0 Å². The highest BCUT2D eigenvalue weighted by Crippen LogP contribution is 2.39. The molecule has 3 rings (SSSR count). The molecule has 0 aliphatic carbocycles. The molecule has 1 heterocycles. The third-order valence-electron chi connectivity index (χ3n) is 3.73. The maximum absolute atomic E-state index is 10.6. The van der Waals surface area contributed by atoms with E-state index in [4.69, 9.17) is 4.74 Å². The van der Waals surface area contributed by atoms with Gasteiger partial charge in [0, 0.05) is 15.6 Å². The largest absolute Gasteiger partial charge is 0.483 e. The zero-order valence-electron chi connectivity index (χ0n) is 13.2. The Bertz CT molecular complexity index is 761. The van der Waals surface area contributed by atoms with Crippen LogP contribution in [0.5, 0.6) is 5.75 Å². The standard InChI is InChI=1S/C20H19BrO2/c1-20(2)11-10-15-12-16(21)13-17(19(15)23-20)18(22)9-8-14-6-4-3-5-7-14/h3-13,18,22H,1-2H3/b9-8+. The number of rotatable bonds is 3. The van der Waals surface area contributed by atoms with E-state index < -0.39 is 6.10 Å². The van der Waals surface area contributed by atoms with Gasteiger partial charge in [0.15, 0.2) is 0 Å². The van der Waals surface area contributed by atoms with Crippen LogP contribution in [0.3, 0.4) is 0 Å². The van der Waals surface area contributed by atoms with Gasteiger partial charge < -0.3 is 9.84 Å². The van der Waals surface area contributed by atoms with E-state index in [0.717, 1.165) is 26.9 Å². The van der Waals surface area contributed by atoms with Crippen molar-refractivity contribution >= 4 is 28.1 Å². The van der Waals surface area contributed by atoms with E-state index in [1.807, 2.05) is 74.5 Å². The average molecular weight is 371 g/mol. The van der Waals surface area contributed by atoms with Crippen LogP contribution in [0.25, 0.3) is 12.2 Å². The van der Waals surface area contributed by atoms with E-state index in [0.29, 0.717) is 0 Å². The molecule has 3 heteroatoms. The van der Waals surface area contributed by atoms with Gasteiger partial charge in [0.1, 0.15) is 17.5 Å². The fourth-order valence-corrected chi connectivity index (χ4v) is 3.05. The summed E-state index contributed by atoms with van der Waals surface area (Å²) in [5.74, 6) is 0.742. The lowest BCUT2D eigenvalue weighted by molar-refractivity contribution is 0.148. The molecule has 0 bridgehead atoms. The SMILES string of the molecule is CC1(C)C=Cc2cc(Br)cc(C(O)/C=C/c3ccccc3)c2O1. The van der Waals surface area contributed by atoms with E-state index in [-0.39, 0.29) is 5.60 Å². The molecular weight excluding hydrogens is 352 g/mol. The first kappa shape index (κ1) is 16.0. The van der Waals surface area contributed by atoms with Gasteiger partial charge in [-0.15, -0.1) is 0 Å². The summed E-state index contributed by atoms with van der Waals surface area (Å²) in [7, 11) is 0. The topological polar surface area (TPSA) is 29.5 Å². The molecule has 0 saturated carbocycles. The van der Waals surface area contributed by atoms with Crippen LogP contribution in [0.15, 0.2) is 59.1 Å². The third kappa shape index (κ3) is 3.74. The van der Waals surface area contributed by atoms with Gasteiger partial charge in [-0.2, -0.15) is 0 Å². The molecule has 0 aromatic heterocycles. The number of benzene rings is 2. The second kappa shape index (κ2) is 6.34. The van der Waals surface area contributed by atoms with E-state index in [2.05, 4.69) is 15.9 Å². The van der Waals surface area contributed by atoms with Gasteiger partial charge in [0.05, 0.1) is 0 Å². The Hall–Kier alpha value is -1.84. The second-order valence-electron chi connectivity index (χ2n) is 6.17. The molecule has 0 amide bonds. The number of ether oxygens (including phenoxy) is 1. The molecule has 118 valence electrons. The fraction of sp³-hybridized carbons (Fsp3) is 0.200. The lowest BCUT2D eigenvalue weighted by Crippen LogP contribution is -2.28. The number of aliphatic hydroxyl groups excluding tert-OH is 1. The van der Waals surface area contributed by atoms with Gasteiger partial charge in [-0.05, 0) is 37.6 Å². The molecule has 0 radical (unpaired) electrons. The Morgan fingerprint density at radius 2 is 1.91 bits per heavy atom. The van der Waals surface area contributed by atoms with Crippen molar-refractivity contribution in [3.05, 3.63) is 75.8 Å². The Kier molecular flexibility index (Phi) is 4.42. The highest BCUT2D eigenvalue weighted by Gasteiger charge is 2.26. The zero-order valence-corrected chi connectivity index (χ0v) is 14.7. The predicted octanol–water partition coefficient (Wildman–Crippen LogP) is 5.38. The normalized spacial score (nSPS) is 16.9. The zero-order chi connectivity index (χ0) is 16.4. The smallest absolute Gasteiger partial charge is 0.134 e. The Morgan fingerprint density at radius 1 is 1.17 bits per heavy atom. The molecule has 1 atom stereocenters. The van der Waals surface area contributed by atoms with Crippen molar-refractivity contribution < 1.29 is 9.84 Å². The predicted molar refractivity (Wildman–Crippen MR) is 98.3 cm³/mol. The van der Waals surface area contributed by atoms with Crippen molar-refractivity contribution in [2.45, 2.75) is 25.6 Å². The average Bonchev–Trinajstić information content (AvgIpc) is 2.53. The summed E-state index contributed by atoms with van der Waals surface area (Å²) in [6, 6.07) is 13.8. The minimum absolute atomic E-state index is 0.377. The van der Waals surface area contributed by atoms with Gasteiger partial charge >= 0.3 is 0 Å². The van der Waals surface area contributed by atoms with Gasteiger partial charge in [-0.25, -0.2) is 0 Å². The lowest BCUT2D eigenvalue weighted by Gasteiger charge is -2.30. The number of hydrogen-bond acceptors (Lipinski definition) is 2. The maximum atomic E-state index is 10.6. The highest BCUT2D eigenvalue weighted by atomic mass is 79.9. The molecule has 0 fully saturated rings. The van der Waals surface area contributed by atoms with Gasteiger partial charge in [0.25, 0.3) is 0 Å². The summed E-state index contributed by atoms with van der Waals surface area (Å²) in [6.07, 6.45) is 7.04. The molecule has 1 N–H and O–H groups in total. The van der Waals surface area contributed by atoms with Crippen molar-refractivity contribution in [2.75, 3.05) is 0 Å². The minimum Gasteiger partial charge on any atom is -0.483 e. The van der Waals surface area contributed by atoms with Gasteiger partial charge in [-0.1, -0.05) is 64.5 Å². The summed E-state index contributed by atoms with van der Waals surface area (Å²) in [5.41, 5.74) is 2.41. The van der Waals surface area contributed by atoms with Crippen LogP contribution in [-0.2, 0) is 0 Å². The van der Waals surface area contributed by atoms with Crippen LogP contribution < -0.4 is 4.74 Å². The molecule has 0 spiro atoms. The summed E-state index contributed by atoms with van der Waals surface area (Å²) < 4.78 is 7.00. The van der Waals surface area contributed by atoms with E-state index in [1.165, 1.54) is 0 Å². The summed E-state index contributed by atoms with van der Waals surface area (Å²) in [6.45, 7) is 4.01. The van der Waals surface area contributed by atoms with Crippen molar-refractivity contribution in [2.24, 2.45) is 0 Å². The van der Waals surface area contributed by atoms with Gasteiger partial charge in [0.2, 0.25) is 0 Å². The van der Waals surface area contributed by atoms with Crippen LogP contribution in [0.1, 0.15) is 36.6 Å². The molecular formula is C20H19BrO2. The summed E-state index contributed by atoms with van der Waals surface area (Å²) in [5, 5.41) is 10.6.